The third-order valence-corrected chi connectivity index (χ3v) is 4.33. The maximum absolute atomic E-state index is 12.8. The fraction of sp³-hybridized carbons (Fsp3) is 0.318. The van der Waals surface area contributed by atoms with Gasteiger partial charge in [-0.3, -0.25) is 20.5 Å². The van der Waals surface area contributed by atoms with Gasteiger partial charge in [-0.25, -0.2) is 0 Å². The van der Waals surface area contributed by atoms with E-state index in [2.05, 4.69) is 5.32 Å². The number of aliphatic hydroxyl groups is 1. The van der Waals surface area contributed by atoms with Crippen LogP contribution < -0.4 is 10.2 Å². The number of rotatable bonds is 5. The van der Waals surface area contributed by atoms with Crippen LogP contribution in [0.5, 0.6) is 0 Å². The predicted octanol–water partition coefficient (Wildman–Crippen LogP) is 4.70. The fourth-order valence-corrected chi connectivity index (χ4v) is 2.79. The highest BCUT2D eigenvalue weighted by molar-refractivity contribution is 6.30. The summed E-state index contributed by atoms with van der Waals surface area (Å²) in [5, 5.41) is 29.8. The van der Waals surface area contributed by atoms with Crippen molar-refractivity contribution in [1.82, 2.24) is 5.32 Å². The number of hydrogen-bond acceptors (Lipinski definition) is 4. The zero-order valence-electron chi connectivity index (χ0n) is 17.3. The number of nitrogens with zero attached hydrogens (tertiary/aromatic N) is 1. The highest BCUT2D eigenvalue weighted by atomic mass is 35.5. The second-order valence-electron chi connectivity index (χ2n) is 8.39. The Balaban J connectivity index is 2.63. The van der Waals surface area contributed by atoms with Gasteiger partial charge in [0.2, 0.25) is 0 Å². The van der Waals surface area contributed by atoms with Crippen molar-refractivity contribution in [3.8, 4) is 11.1 Å². The van der Waals surface area contributed by atoms with Crippen LogP contribution >= 0.6 is 11.6 Å². The van der Waals surface area contributed by atoms with Gasteiger partial charge in [-0.05, 0) is 76.1 Å². The SMILES string of the molecule is CC(C)(C)NC(=O)c1cc(-c2ccc(Cl)cc2)cc(N(C=N)C(=N)C(C)(C)O)c1. The molecule has 2 aromatic carbocycles. The summed E-state index contributed by atoms with van der Waals surface area (Å²) in [6.45, 7) is 8.62. The average Bonchev–Trinajstić information content (AvgIpc) is 2.60. The van der Waals surface area contributed by atoms with Gasteiger partial charge in [0.05, 0.1) is 6.34 Å². The normalized spacial score (nSPS) is 11.7. The number of carbonyl (C=O) groups excluding carboxylic acids is 1. The molecule has 2 rings (SSSR count). The minimum Gasteiger partial charge on any atom is -0.383 e. The molecule has 4 N–H and O–H groups in total. The van der Waals surface area contributed by atoms with Gasteiger partial charge >= 0.3 is 0 Å². The van der Waals surface area contributed by atoms with Gasteiger partial charge in [0.1, 0.15) is 11.4 Å². The van der Waals surface area contributed by atoms with E-state index in [1.807, 2.05) is 32.9 Å². The number of carbonyl (C=O) groups is 1. The first-order valence-corrected chi connectivity index (χ1v) is 9.54. The first-order chi connectivity index (χ1) is 13.3. The van der Waals surface area contributed by atoms with Gasteiger partial charge in [0.15, 0.2) is 0 Å². The lowest BCUT2D eigenvalue weighted by Crippen LogP contribution is -2.44. The van der Waals surface area contributed by atoms with Gasteiger partial charge in [0.25, 0.3) is 5.91 Å². The number of anilines is 1. The van der Waals surface area contributed by atoms with Crippen LogP contribution in [0.4, 0.5) is 5.69 Å². The monoisotopic (exact) mass is 414 g/mol. The average molecular weight is 415 g/mol. The molecule has 6 nitrogen and oxygen atoms in total. The molecule has 7 heteroatoms. The number of hydrogen-bond donors (Lipinski definition) is 4. The number of amidine groups is 1. The maximum atomic E-state index is 12.8. The standard InChI is InChI=1S/C22H27ClN4O2/c1-21(2,3)26-19(28)16-10-15(14-6-8-17(23)9-7-14)11-18(12-16)27(13-24)20(25)22(4,5)29/h6-13,24-25,29H,1-5H3,(H,26,28). The largest absolute Gasteiger partial charge is 0.383 e. The Labute approximate surface area is 176 Å². The van der Waals surface area contributed by atoms with Crippen LogP contribution in [0.3, 0.4) is 0 Å². The topological polar surface area (TPSA) is 100 Å². The highest BCUT2D eigenvalue weighted by Crippen LogP contribution is 2.29. The summed E-state index contributed by atoms with van der Waals surface area (Å²) >= 11 is 5.99. The molecular formula is C22H27ClN4O2. The molecule has 0 radical (unpaired) electrons. The van der Waals surface area contributed by atoms with E-state index in [4.69, 9.17) is 22.4 Å². The van der Waals surface area contributed by atoms with E-state index in [1.165, 1.54) is 18.7 Å². The third kappa shape index (κ3) is 5.89. The highest BCUT2D eigenvalue weighted by Gasteiger charge is 2.27. The van der Waals surface area contributed by atoms with E-state index in [-0.39, 0.29) is 11.7 Å². The number of halogens is 1. The molecule has 29 heavy (non-hydrogen) atoms. The molecule has 2 aromatic rings. The Morgan fingerprint density at radius 2 is 1.66 bits per heavy atom. The summed E-state index contributed by atoms with van der Waals surface area (Å²) in [6, 6.07) is 12.3. The molecule has 0 unspecified atom stereocenters. The molecule has 0 aromatic heterocycles. The molecule has 0 atom stereocenters. The fourth-order valence-electron chi connectivity index (χ4n) is 2.67. The van der Waals surface area contributed by atoms with Crippen molar-refractivity contribution in [3.63, 3.8) is 0 Å². The van der Waals surface area contributed by atoms with Crippen molar-refractivity contribution in [2.24, 2.45) is 0 Å². The summed E-state index contributed by atoms with van der Waals surface area (Å²) in [7, 11) is 0. The Morgan fingerprint density at radius 1 is 1.07 bits per heavy atom. The first kappa shape index (κ1) is 22.6. The molecule has 0 bridgehead atoms. The van der Waals surface area contributed by atoms with Crippen molar-refractivity contribution in [2.45, 2.75) is 45.8 Å². The van der Waals surface area contributed by atoms with Gasteiger partial charge in [0, 0.05) is 21.8 Å². The minimum absolute atomic E-state index is 0.178. The Morgan fingerprint density at radius 3 is 2.14 bits per heavy atom. The minimum atomic E-state index is -1.46. The van der Waals surface area contributed by atoms with E-state index >= 15 is 0 Å². The second-order valence-corrected chi connectivity index (χ2v) is 8.82. The van der Waals surface area contributed by atoms with Crippen LogP contribution in [0.25, 0.3) is 11.1 Å². The Kier molecular flexibility index (Phi) is 6.50. The van der Waals surface area contributed by atoms with Crippen molar-refractivity contribution in [2.75, 3.05) is 4.90 Å². The lowest BCUT2D eigenvalue weighted by Gasteiger charge is -2.29. The van der Waals surface area contributed by atoms with Gasteiger partial charge in [-0.2, -0.15) is 0 Å². The second kappa shape index (κ2) is 8.35. The summed E-state index contributed by atoms with van der Waals surface area (Å²) in [6.07, 6.45) is 0.951. The molecule has 154 valence electrons. The molecule has 0 heterocycles. The zero-order valence-corrected chi connectivity index (χ0v) is 18.1. The molecular weight excluding hydrogens is 388 g/mol. The first-order valence-electron chi connectivity index (χ1n) is 9.16. The van der Waals surface area contributed by atoms with Crippen LogP contribution in [0, 0.1) is 10.8 Å². The van der Waals surface area contributed by atoms with Crippen LogP contribution in [0.15, 0.2) is 42.5 Å². The van der Waals surface area contributed by atoms with Gasteiger partial charge in [-0.1, -0.05) is 23.7 Å². The van der Waals surface area contributed by atoms with Crippen molar-refractivity contribution in [3.05, 3.63) is 53.1 Å². The van der Waals surface area contributed by atoms with Crippen molar-refractivity contribution in [1.29, 1.82) is 10.8 Å². The molecule has 0 aliphatic heterocycles. The summed E-state index contributed by atoms with van der Waals surface area (Å²) in [5.41, 5.74) is 0.502. The summed E-state index contributed by atoms with van der Waals surface area (Å²) in [5.74, 6) is -0.447. The third-order valence-electron chi connectivity index (χ3n) is 4.07. The molecule has 0 spiro atoms. The van der Waals surface area contributed by atoms with Crippen LogP contribution in [0.2, 0.25) is 5.02 Å². The van der Waals surface area contributed by atoms with Gasteiger partial charge < -0.3 is 10.4 Å². The predicted molar refractivity (Wildman–Crippen MR) is 119 cm³/mol. The molecule has 0 fully saturated rings. The zero-order chi connectivity index (χ0) is 22.0. The number of benzene rings is 2. The van der Waals surface area contributed by atoms with E-state index in [9.17, 15) is 9.90 Å². The van der Waals surface area contributed by atoms with Crippen molar-refractivity contribution >= 4 is 35.4 Å². The van der Waals surface area contributed by atoms with Gasteiger partial charge in [-0.15, -0.1) is 0 Å². The van der Waals surface area contributed by atoms with E-state index in [0.29, 0.717) is 16.3 Å². The maximum Gasteiger partial charge on any atom is 0.251 e. The van der Waals surface area contributed by atoms with Crippen LogP contribution in [-0.4, -0.2) is 34.3 Å². The van der Waals surface area contributed by atoms with E-state index < -0.39 is 11.1 Å². The molecule has 0 saturated carbocycles. The number of nitrogens with one attached hydrogen (secondary N) is 3. The summed E-state index contributed by atoms with van der Waals surface area (Å²) in [4.78, 5) is 14.1. The van der Waals surface area contributed by atoms with Crippen LogP contribution in [0.1, 0.15) is 45.0 Å². The Bertz CT molecular complexity index is 925. The molecule has 0 saturated heterocycles. The smallest absolute Gasteiger partial charge is 0.251 e. The quantitative estimate of drug-likeness (QED) is 0.421. The summed E-state index contributed by atoms with van der Waals surface area (Å²) < 4.78 is 0. The lowest BCUT2D eigenvalue weighted by molar-refractivity contribution is 0.0919. The lowest BCUT2D eigenvalue weighted by atomic mass is 9.99. The Hall–Kier alpha value is -2.70. The molecule has 1 amide bonds. The van der Waals surface area contributed by atoms with Crippen LogP contribution in [-0.2, 0) is 0 Å². The van der Waals surface area contributed by atoms with E-state index in [0.717, 1.165) is 17.5 Å². The molecule has 0 aliphatic carbocycles. The molecule has 0 aliphatic rings. The number of amides is 1. The van der Waals surface area contributed by atoms with Crippen molar-refractivity contribution < 1.29 is 9.90 Å². The van der Waals surface area contributed by atoms with E-state index in [1.54, 1.807) is 30.3 Å².